The Labute approximate surface area is 154 Å². The summed E-state index contributed by atoms with van der Waals surface area (Å²) in [5.74, 6) is 2.11. The van der Waals surface area contributed by atoms with Crippen LogP contribution in [0.5, 0.6) is 11.5 Å². The van der Waals surface area contributed by atoms with E-state index in [1.54, 1.807) is 14.2 Å². The molecule has 3 heteroatoms. The molecule has 1 aliphatic heterocycles. The third-order valence-corrected chi connectivity index (χ3v) is 5.15. The number of anilines is 1. The van der Waals surface area contributed by atoms with Gasteiger partial charge in [-0.1, -0.05) is 48.5 Å². The first-order valence-electron chi connectivity index (χ1n) is 8.91. The highest BCUT2D eigenvalue weighted by Gasteiger charge is 2.30. The van der Waals surface area contributed by atoms with Crippen LogP contribution in [0.15, 0.2) is 72.8 Å². The zero-order valence-electron chi connectivity index (χ0n) is 15.1. The second-order valence-corrected chi connectivity index (χ2v) is 6.64. The first-order valence-corrected chi connectivity index (χ1v) is 8.91. The van der Waals surface area contributed by atoms with Crippen molar-refractivity contribution in [2.75, 3.05) is 19.5 Å². The van der Waals surface area contributed by atoms with Crippen molar-refractivity contribution in [3.05, 3.63) is 89.5 Å². The van der Waals surface area contributed by atoms with E-state index in [4.69, 9.17) is 9.47 Å². The van der Waals surface area contributed by atoms with Crippen molar-refractivity contribution < 1.29 is 9.47 Å². The molecule has 0 saturated carbocycles. The van der Waals surface area contributed by atoms with Gasteiger partial charge in [0.1, 0.15) is 11.5 Å². The van der Waals surface area contributed by atoms with Crippen LogP contribution in [0.2, 0.25) is 0 Å². The quantitative estimate of drug-likeness (QED) is 0.705. The molecule has 3 nitrogen and oxygen atoms in total. The molecular weight excluding hydrogens is 322 g/mol. The van der Waals surface area contributed by atoms with Crippen molar-refractivity contribution >= 4 is 5.69 Å². The summed E-state index contributed by atoms with van der Waals surface area (Å²) in [6, 6.07) is 25.5. The van der Waals surface area contributed by atoms with E-state index in [1.165, 1.54) is 16.7 Å². The van der Waals surface area contributed by atoms with Crippen molar-refractivity contribution in [3.8, 4) is 11.5 Å². The lowest BCUT2D eigenvalue weighted by Gasteiger charge is -2.36. The van der Waals surface area contributed by atoms with E-state index in [0.717, 1.165) is 23.6 Å². The normalized spacial score (nSPS) is 18.5. The molecule has 0 amide bonds. The maximum Gasteiger partial charge on any atom is 0.120 e. The minimum atomic E-state index is 0.173. The standard InChI is InChI=1S/C23H23NO2/c1-25-19-10-6-9-18(13-19)23-21(16-7-4-3-5-8-16)14-17-11-12-20(26-2)15-22(17)24-23/h3-13,15,21,23-24H,14H2,1-2H3. The Balaban J connectivity index is 1.78. The minimum Gasteiger partial charge on any atom is -0.497 e. The van der Waals surface area contributed by atoms with Gasteiger partial charge in [-0.25, -0.2) is 0 Å². The summed E-state index contributed by atoms with van der Waals surface area (Å²) in [5, 5.41) is 3.75. The Kier molecular flexibility index (Phi) is 4.53. The van der Waals surface area contributed by atoms with Gasteiger partial charge >= 0.3 is 0 Å². The number of hydrogen-bond donors (Lipinski definition) is 1. The van der Waals surface area contributed by atoms with E-state index in [1.807, 2.05) is 12.1 Å². The van der Waals surface area contributed by atoms with Gasteiger partial charge in [0.15, 0.2) is 0 Å². The van der Waals surface area contributed by atoms with Gasteiger partial charge in [0.25, 0.3) is 0 Å². The maximum atomic E-state index is 5.44. The molecule has 0 aromatic heterocycles. The summed E-state index contributed by atoms with van der Waals surface area (Å²) in [5.41, 5.74) is 5.03. The lowest BCUT2D eigenvalue weighted by atomic mass is 9.79. The largest absolute Gasteiger partial charge is 0.497 e. The monoisotopic (exact) mass is 345 g/mol. The highest BCUT2D eigenvalue weighted by molar-refractivity contribution is 5.60. The van der Waals surface area contributed by atoms with Crippen LogP contribution in [0.3, 0.4) is 0 Å². The molecule has 0 aliphatic carbocycles. The van der Waals surface area contributed by atoms with Crippen LogP contribution in [0.25, 0.3) is 0 Å². The summed E-state index contributed by atoms with van der Waals surface area (Å²) in [4.78, 5) is 0. The van der Waals surface area contributed by atoms with Crippen molar-refractivity contribution in [3.63, 3.8) is 0 Å². The van der Waals surface area contributed by atoms with Gasteiger partial charge in [-0.2, -0.15) is 0 Å². The zero-order chi connectivity index (χ0) is 17.9. The summed E-state index contributed by atoms with van der Waals surface area (Å²) in [6.45, 7) is 0. The van der Waals surface area contributed by atoms with E-state index in [0.29, 0.717) is 5.92 Å². The minimum absolute atomic E-state index is 0.173. The molecule has 0 spiro atoms. The van der Waals surface area contributed by atoms with Gasteiger partial charge in [0, 0.05) is 17.7 Å². The topological polar surface area (TPSA) is 30.5 Å². The molecule has 1 heterocycles. The molecule has 26 heavy (non-hydrogen) atoms. The third kappa shape index (κ3) is 3.13. The molecule has 0 radical (unpaired) electrons. The summed E-state index contributed by atoms with van der Waals surface area (Å²) >= 11 is 0. The molecule has 1 aliphatic rings. The van der Waals surface area contributed by atoms with Crippen molar-refractivity contribution in [2.45, 2.75) is 18.4 Å². The van der Waals surface area contributed by atoms with Gasteiger partial charge < -0.3 is 14.8 Å². The van der Waals surface area contributed by atoms with E-state index in [-0.39, 0.29) is 6.04 Å². The Morgan fingerprint density at radius 2 is 1.50 bits per heavy atom. The van der Waals surface area contributed by atoms with Crippen LogP contribution < -0.4 is 14.8 Å². The number of hydrogen-bond acceptors (Lipinski definition) is 3. The molecule has 0 saturated heterocycles. The second kappa shape index (κ2) is 7.12. The van der Waals surface area contributed by atoms with Crippen LogP contribution in [0.1, 0.15) is 28.7 Å². The van der Waals surface area contributed by atoms with Crippen LogP contribution in [-0.2, 0) is 6.42 Å². The molecule has 0 bridgehead atoms. The Hall–Kier alpha value is -2.94. The third-order valence-electron chi connectivity index (χ3n) is 5.15. The van der Waals surface area contributed by atoms with Gasteiger partial charge in [-0.3, -0.25) is 0 Å². The number of fused-ring (bicyclic) bond motifs is 1. The highest BCUT2D eigenvalue weighted by Crippen LogP contribution is 2.43. The second-order valence-electron chi connectivity index (χ2n) is 6.64. The Morgan fingerprint density at radius 3 is 2.27 bits per heavy atom. The smallest absolute Gasteiger partial charge is 0.120 e. The molecule has 1 N–H and O–H groups in total. The summed E-state index contributed by atoms with van der Waals surface area (Å²) in [6.07, 6.45) is 0.984. The van der Waals surface area contributed by atoms with E-state index < -0.39 is 0 Å². The Morgan fingerprint density at radius 1 is 0.769 bits per heavy atom. The predicted octanol–water partition coefficient (Wildman–Crippen LogP) is 5.20. The summed E-state index contributed by atoms with van der Waals surface area (Å²) < 4.78 is 10.9. The molecule has 4 rings (SSSR count). The van der Waals surface area contributed by atoms with Gasteiger partial charge in [-0.05, 0) is 41.3 Å². The fourth-order valence-corrected chi connectivity index (χ4v) is 3.78. The lowest BCUT2D eigenvalue weighted by molar-refractivity contribution is 0.412. The average Bonchev–Trinajstić information content (AvgIpc) is 2.73. The van der Waals surface area contributed by atoms with Crippen LogP contribution in [0, 0.1) is 0 Å². The number of nitrogens with one attached hydrogen (secondary N) is 1. The zero-order valence-corrected chi connectivity index (χ0v) is 15.1. The van der Waals surface area contributed by atoms with E-state index in [2.05, 4.69) is 66.0 Å². The molecule has 3 aromatic carbocycles. The van der Waals surface area contributed by atoms with Crippen molar-refractivity contribution in [1.29, 1.82) is 0 Å². The lowest BCUT2D eigenvalue weighted by Crippen LogP contribution is -2.26. The number of methoxy groups -OCH3 is 2. The van der Waals surface area contributed by atoms with Gasteiger partial charge in [-0.15, -0.1) is 0 Å². The molecule has 132 valence electrons. The maximum absolute atomic E-state index is 5.44. The van der Waals surface area contributed by atoms with Crippen LogP contribution in [-0.4, -0.2) is 14.2 Å². The molecule has 2 unspecified atom stereocenters. The molecule has 3 aromatic rings. The molecule has 2 atom stereocenters. The first-order chi connectivity index (χ1) is 12.8. The fourth-order valence-electron chi connectivity index (χ4n) is 3.78. The number of benzene rings is 3. The van der Waals surface area contributed by atoms with E-state index in [9.17, 15) is 0 Å². The summed E-state index contributed by atoms with van der Waals surface area (Å²) in [7, 11) is 3.42. The number of ether oxygens (including phenoxy) is 2. The van der Waals surface area contributed by atoms with Crippen molar-refractivity contribution in [1.82, 2.24) is 0 Å². The average molecular weight is 345 g/mol. The number of rotatable bonds is 4. The Bertz CT molecular complexity index is 892. The predicted molar refractivity (Wildman–Crippen MR) is 105 cm³/mol. The molecular formula is C23H23NO2. The highest BCUT2D eigenvalue weighted by atomic mass is 16.5. The molecule has 0 fully saturated rings. The van der Waals surface area contributed by atoms with Crippen LogP contribution >= 0.6 is 0 Å². The fraction of sp³-hybridized carbons (Fsp3) is 0.217. The van der Waals surface area contributed by atoms with Gasteiger partial charge in [0.05, 0.1) is 20.3 Å². The van der Waals surface area contributed by atoms with Crippen LogP contribution in [0.4, 0.5) is 5.69 Å². The van der Waals surface area contributed by atoms with Crippen molar-refractivity contribution in [2.24, 2.45) is 0 Å². The first kappa shape index (κ1) is 16.5. The SMILES string of the molecule is COc1cccc(C2Nc3cc(OC)ccc3CC2c2ccccc2)c1. The van der Waals surface area contributed by atoms with E-state index >= 15 is 0 Å². The van der Waals surface area contributed by atoms with Gasteiger partial charge in [0.2, 0.25) is 0 Å².